The van der Waals surface area contributed by atoms with Crippen molar-refractivity contribution in [3.05, 3.63) is 52.1 Å². The summed E-state index contributed by atoms with van der Waals surface area (Å²) in [6.45, 7) is 4.89. The van der Waals surface area contributed by atoms with Gasteiger partial charge in [-0.3, -0.25) is 19.0 Å². The molecule has 2 N–H and O–H groups in total. The number of amides is 2. The largest absolute Gasteiger partial charge is 0.492 e. The Labute approximate surface area is 200 Å². The van der Waals surface area contributed by atoms with E-state index in [9.17, 15) is 19.5 Å². The number of hydrogen-bond acceptors (Lipinski definition) is 7. The van der Waals surface area contributed by atoms with Crippen LogP contribution in [-0.4, -0.2) is 55.3 Å². The molecular formula is C24H26N6O5. The van der Waals surface area contributed by atoms with Crippen molar-refractivity contribution in [1.82, 2.24) is 24.5 Å². The molecule has 0 unspecified atom stereocenters. The first-order chi connectivity index (χ1) is 16.8. The number of pyridine rings is 1. The molecule has 0 spiro atoms. The normalized spacial score (nSPS) is 15.5. The molecular weight excluding hydrogens is 452 g/mol. The van der Waals surface area contributed by atoms with Gasteiger partial charge in [-0.2, -0.15) is 9.61 Å². The van der Waals surface area contributed by atoms with Gasteiger partial charge in [0.1, 0.15) is 17.9 Å². The van der Waals surface area contributed by atoms with Gasteiger partial charge in [0.15, 0.2) is 5.56 Å². The fraction of sp³-hybridized carbons (Fsp3) is 0.375. The highest BCUT2D eigenvalue weighted by atomic mass is 16.5. The Balaban J connectivity index is 1.54. The maximum Gasteiger partial charge on any atom is 0.270 e. The smallest absolute Gasteiger partial charge is 0.270 e. The standard InChI is InChI=1S/C24H26N6O5/c1-14(2)13-29-22-15(5-8-18(31)28-10-11-35-21-17(28)4-3-9-25-21)12-26-30(22)24(34)19(23(29)33)20(32)27-16-6-7-16/h3-5,8-9,12,14,16,34H,6-7,10-11,13H2,1-2H3,(H,27,32)/b8-5+. The molecule has 0 aromatic carbocycles. The maximum absolute atomic E-state index is 13.3. The number of aromatic hydroxyl groups is 1. The van der Waals surface area contributed by atoms with Gasteiger partial charge in [-0.15, -0.1) is 0 Å². The van der Waals surface area contributed by atoms with E-state index in [0.717, 1.165) is 12.8 Å². The minimum Gasteiger partial charge on any atom is -0.492 e. The number of nitrogens with zero attached hydrogens (tertiary/aromatic N) is 5. The number of carbonyl (C=O) groups is 2. The van der Waals surface area contributed by atoms with Crippen LogP contribution in [0.15, 0.2) is 35.4 Å². The number of rotatable bonds is 6. The lowest BCUT2D eigenvalue weighted by Crippen LogP contribution is -2.37. The fourth-order valence-electron chi connectivity index (χ4n) is 4.08. The summed E-state index contributed by atoms with van der Waals surface area (Å²) in [5.74, 6) is -0.960. The molecule has 1 aliphatic heterocycles. The van der Waals surface area contributed by atoms with Gasteiger partial charge in [-0.05, 0) is 37.0 Å². The van der Waals surface area contributed by atoms with Crippen molar-refractivity contribution in [3.63, 3.8) is 0 Å². The summed E-state index contributed by atoms with van der Waals surface area (Å²) in [5.41, 5.74) is 0.403. The van der Waals surface area contributed by atoms with E-state index < -0.39 is 17.3 Å². The molecule has 5 rings (SSSR count). The van der Waals surface area contributed by atoms with Crippen molar-refractivity contribution in [2.75, 3.05) is 18.1 Å². The van der Waals surface area contributed by atoms with Crippen LogP contribution in [0.2, 0.25) is 0 Å². The quantitative estimate of drug-likeness (QED) is 0.514. The van der Waals surface area contributed by atoms with Crippen molar-refractivity contribution in [1.29, 1.82) is 0 Å². The molecule has 1 aliphatic carbocycles. The van der Waals surface area contributed by atoms with E-state index in [4.69, 9.17) is 4.74 Å². The monoisotopic (exact) mass is 478 g/mol. The lowest BCUT2D eigenvalue weighted by atomic mass is 10.2. The highest BCUT2D eigenvalue weighted by Crippen LogP contribution is 2.29. The molecule has 1 saturated carbocycles. The molecule has 3 aromatic heterocycles. The summed E-state index contributed by atoms with van der Waals surface area (Å²) < 4.78 is 8.11. The first-order valence-corrected chi connectivity index (χ1v) is 11.6. The molecule has 2 aliphatic rings. The van der Waals surface area contributed by atoms with Crippen LogP contribution in [0, 0.1) is 5.92 Å². The first kappa shape index (κ1) is 22.6. The number of fused-ring (bicyclic) bond motifs is 2. The van der Waals surface area contributed by atoms with E-state index in [1.807, 2.05) is 13.8 Å². The van der Waals surface area contributed by atoms with E-state index in [1.54, 1.807) is 29.3 Å². The molecule has 0 atom stereocenters. The average Bonchev–Trinajstić information content (AvgIpc) is 3.55. The summed E-state index contributed by atoms with van der Waals surface area (Å²) in [6, 6.07) is 3.51. The molecule has 0 bridgehead atoms. The second kappa shape index (κ2) is 8.90. The lowest BCUT2D eigenvalue weighted by Gasteiger charge is -2.27. The van der Waals surface area contributed by atoms with Crippen LogP contribution in [0.1, 0.15) is 42.6 Å². The summed E-state index contributed by atoms with van der Waals surface area (Å²) in [7, 11) is 0. The molecule has 1 fully saturated rings. The third-order valence-electron chi connectivity index (χ3n) is 5.86. The zero-order chi connectivity index (χ0) is 24.7. The third-order valence-corrected chi connectivity index (χ3v) is 5.86. The Bertz CT molecular complexity index is 1400. The number of carbonyl (C=O) groups excluding carboxylic acids is 2. The van der Waals surface area contributed by atoms with Gasteiger partial charge in [0.2, 0.25) is 11.8 Å². The number of aromatic nitrogens is 4. The van der Waals surface area contributed by atoms with Crippen LogP contribution >= 0.6 is 0 Å². The topological polar surface area (TPSA) is 131 Å². The van der Waals surface area contributed by atoms with Gasteiger partial charge in [-0.1, -0.05) is 13.8 Å². The van der Waals surface area contributed by atoms with Crippen molar-refractivity contribution in [2.24, 2.45) is 5.92 Å². The summed E-state index contributed by atoms with van der Waals surface area (Å²) >= 11 is 0. The summed E-state index contributed by atoms with van der Waals surface area (Å²) in [5, 5.41) is 17.8. The van der Waals surface area contributed by atoms with Gasteiger partial charge < -0.3 is 20.1 Å². The molecule has 3 aromatic rings. The Morgan fingerprint density at radius 2 is 2.14 bits per heavy atom. The van der Waals surface area contributed by atoms with Crippen LogP contribution in [0.3, 0.4) is 0 Å². The number of anilines is 1. The van der Waals surface area contributed by atoms with E-state index in [0.29, 0.717) is 42.5 Å². The van der Waals surface area contributed by atoms with Crippen LogP contribution in [0.4, 0.5) is 5.69 Å². The molecule has 2 amide bonds. The number of hydrogen-bond donors (Lipinski definition) is 2. The Morgan fingerprint density at radius 3 is 2.89 bits per heavy atom. The predicted octanol–water partition coefficient (Wildman–Crippen LogP) is 1.58. The highest BCUT2D eigenvalue weighted by Gasteiger charge is 2.30. The molecule has 35 heavy (non-hydrogen) atoms. The average molecular weight is 479 g/mol. The highest BCUT2D eigenvalue weighted by molar-refractivity contribution is 6.05. The predicted molar refractivity (Wildman–Crippen MR) is 128 cm³/mol. The molecule has 182 valence electrons. The molecule has 11 heteroatoms. The molecule has 0 radical (unpaired) electrons. The van der Waals surface area contributed by atoms with Crippen LogP contribution in [0.5, 0.6) is 11.8 Å². The van der Waals surface area contributed by atoms with Gasteiger partial charge in [0.25, 0.3) is 17.4 Å². The minimum atomic E-state index is -0.614. The second-order valence-corrected chi connectivity index (χ2v) is 9.09. The lowest BCUT2D eigenvalue weighted by molar-refractivity contribution is -0.114. The van der Waals surface area contributed by atoms with Crippen molar-refractivity contribution < 1.29 is 19.4 Å². The first-order valence-electron chi connectivity index (χ1n) is 11.6. The minimum absolute atomic E-state index is 0.0261. The van der Waals surface area contributed by atoms with E-state index in [-0.39, 0.29) is 23.4 Å². The zero-order valence-electron chi connectivity index (χ0n) is 19.5. The van der Waals surface area contributed by atoms with Crippen LogP contribution < -0.4 is 20.5 Å². The Kier molecular flexibility index (Phi) is 5.75. The maximum atomic E-state index is 13.3. The van der Waals surface area contributed by atoms with E-state index in [2.05, 4.69) is 15.4 Å². The number of ether oxygens (including phenoxy) is 1. The van der Waals surface area contributed by atoms with Crippen LogP contribution in [-0.2, 0) is 11.3 Å². The Morgan fingerprint density at radius 1 is 1.34 bits per heavy atom. The van der Waals surface area contributed by atoms with E-state index in [1.165, 1.54) is 21.4 Å². The van der Waals surface area contributed by atoms with Crippen molar-refractivity contribution in [3.8, 4) is 11.8 Å². The van der Waals surface area contributed by atoms with Crippen molar-refractivity contribution >= 4 is 29.2 Å². The van der Waals surface area contributed by atoms with Crippen LogP contribution in [0.25, 0.3) is 11.7 Å². The van der Waals surface area contributed by atoms with Gasteiger partial charge in [-0.25, -0.2) is 4.98 Å². The van der Waals surface area contributed by atoms with Gasteiger partial charge >= 0.3 is 0 Å². The summed E-state index contributed by atoms with van der Waals surface area (Å²) in [6.07, 6.45) is 7.68. The molecule has 0 saturated heterocycles. The zero-order valence-corrected chi connectivity index (χ0v) is 19.5. The number of nitrogens with one attached hydrogen (secondary N) is 1. The van der Waals surface area contributed by atoms with Gasteiger partial charge in [0, 0.05) is 30.4 Å². The fourth-order valence-corrected chi connectivity index (χ4v) is 4.08. The van der Waals surface area contributed by atoms with Gasteiger partial charge in [0.05, 0.1) is 12.7 Å². The molecule has 4 heterocycles. The second-order valence-electron chi connectivity index (χ2n) is 9.09. The SMILES string of the molecule is CC(C)Cn1c(=O)c(C(=O)NC2CC2)c(O)n2ncc(/C=C/C(=O)N3CCOc4ncccc43)c12. The Hall–Kier alpha value is -4.15. The van der Waals surface area contributed by atoms with E-state index >= 15 is 0 Å². The van der Waals surface area contributed by atoms with Crippen molar-refractivity contribution in [2.45, 2.75) is 39.3 Å². The summed E-state index contributed by atoms with van der Waals surface area (Å²) in [4.78, 5) is 44.8. The third kappa shape index (κ3) is 4.25. The molecule has 11 nitrogen and oxygen atoms in total.